The van der Waals surface area contributed by atoms with Gasteiger partial charge in [0.05, 0.1) is 0 Å². The van der Waals surface area contributed by atoms with Crippen LogP contribution in [0.2, 0.25) is 0 Å². The van der Waals surface area contributed by atoms with Crippen molar-refractivity contribution in [2.24, 2.45) is 14.1 Å². The number of hydrogen-bond acceptors (Lipinski definition) is 0. The molecular weight excluding hydrogens is 1550 g/mol. The smallest absolute Gasteiger partial charge is 0.0219 e. The van der Waals surface area contributed by atoms with E-state index in [1.54, 1.807) is 0 Å². The molecular formula is C114H215N13. The number of nitrogens with one attached hydrogen (secondary N) is 10. The summed E-state index contributed by atoms with van der Waals surface area (Å²) in [6.45, 7) is 73.8. The molecule has 13 aromatic heterocycles. The van der Waals surface area contributed by atoms with Crippen LogP contribution in [0, 0.1) is 159 Å². The zero-order valence-corrected chi connectivity index (χ0v) is 79.0. The number of H-pyrrole nitrogens is 10. The first-order chi connectivity index (χ1) is 53.8. The van der Waals surface area contributed by atoms with E-state index in [1.165, 1.54) is 212 Å². The maximum absolute atomic E-state index is 3.31. The van der Waals surface area contributed by atoms with E-state index >= 15 is 0 Å². The summed E-state index contributed by atoms with van der Waals surface area (Å²) in [7, 11) is 4.14. The lowest BCUT2D eigenvalue weighted by atomic mass is 10.1. The van der Waals surface area contributed by atoms with Crippen LogP contribution in [-0.2, 0) is 72.0 Å². The minimum atomic E-state index is 0. The van der Waals surface area contributed by atoms with Crippen molar-refractivity contribution in [1.29, 1.82) is 0 Å². The van der Waals surface area contributed by atoms with E-state index in [2.05, 4.69) is 403 Å². The Hall–Kier alpha value is -9.36. The van der Waals surface area contributed by atoms with Crippen molar-refractivity contribution in [1.82, 2.24) is 63.5 Å². The number of hydrogen-bond donors (Lipinski definition) is 10. The monoisotopic (exact) mass is 1770 g/mol. The standard InChI is InChI=1S/3C9H15N.6C8H13N.2C7H11N.2C6H9N.13CH4/c1-4-5-10-7-8(2)6-9(10)3;1-4-5-9-6-10-8(3)7(9)2;1-4-5-9-8(3)7(2)6-10-9;1-6-5-9(4)8(3)7(6)2;1-6(2)8-4-7(3)5-9-8;1-4-8-5-9-7(3)6(8)2;1-4-8-7(3)6(2)5-9-8;1-3-7-5-8(4-2)9-6-7;1-3-7-5-6-8(4-2)9-7;1-6-4-7(2)8(3)5-6;1-5-4-6(2)8-7(5)3;1-5-3-6(2)7-4-5;1-5-3-4-6(2)7-5;;;;;;;;;;;;;/h6-7H,4-5H2,1-3H3;2*6,10H,4-5H2,1-3H3;5H,1-4H3;4-6,9H,1-3H3;2*5,9H,4H2,1-3H3;2*5-6,9H,3-4H2,1-2H3;4-5H,1-3H3;4,8H,1-3H3;2*3-4,7H,1-2H3;13*1H4. The van der Waals surface area contributed by atoms with Crippen molar-refractivity contribution in [3.05, 3.63) is 303 Å². The van der Waals surface area contributed by atoms with E-state index in [-0.39, 0.29) is 96.5 Å². The first kappa shape index (κ1) is 146. The summed E-state index contributed by atoms with van der Waals surface area (Å²) in [5.74, 6) is 0.624. The van der Waals surface area contributed by atoms with Gasteiger partial charge in [-0.2, -0.15) is 0 Å². The Kier molecular flexibility index (Phi) is 90.8. The molecule has 736 valence electrons. The third kappa shape index (κ3) is 56.6. The van der Waals surface area contributed by atoms with Crippen LogP contribution in [0.15, 0.2) is 123 Å². The van der Waals surface area contributed by atoms with Crippen LogP contribution in [0.4, 0.5) is 0 Å². The van der Waals surface area contributed by atoms with Gasteiger partial charge in [-0.15, -0.1) is 0 Å². The lowest BCUT2D eigenvalue weighted by Crippen LogP contribution is -1.95. The highest BCUT2D eigenvalue weighted by Gasteiger charge is 2.05. The Morgan fingerprint density at radius 2 is 0.756 bits per heavy atom. The van der Waals surface area contributed by atoms with Gasteiger partial charge in [-0.25, -0.2) is 0 Å². The maximum atomic E-state index is 3.31. The highest BCUT2D eigenvalue weighted by Crippen LogP contribution is 2.18. The molecule has 13 heteroatoms. The molecule has 0 bridgehead atoms. The molecule has 13 heterocycles. The summed E-state index contributed by atoms with van der Waals surface area (Å²) in [4.78, 5) is 32.0. The number of aryl methyl sites for hydroxylation is 28. The second-order valence-corrected chi connectivity index (χ2v) is 31.4. The number of aromatic amines is 10. The van der Waals surface area contributed by atoms with Crippen LogP contribution in [-0.4, -0.2) is 63.5 Å². The molecule has 0 aliphatic rings. The molecule has 0 saturated heterocycles. The predicted molar refractivity (Wildman–Crippen MR) is 588 cm³/mol. The molecule has 0 aliphatic heterocycles. The lowest BCUT2D eigenvalue weighted by molar-refractivity contribution is 0.665. The molecule has 127 heavy (non-hydrogen) atoms. The van der Waals surface area contributed by atoms with Crippen molar-refractivity contribution in [3.8, 4) is 0 Å². The Morgan fingerprint density at radius 1 is 0.291 bits per heavy atom. The van der Waals surface area contributed by atoms with Crippen molar-refractivity contribution in [2.75, 3.05) is 0 Å². The molecule has 0 aliphatic carbocycles. The first-order valence-corrected chi connectivity index (χ1v) is 42.5. The van der Waals surface area contributed by atoms with Gasteiger partial charge < -0.3 is 63.5 Å². The van der Waals surface area contributed by atoms with Gasteiger partial charge in [0.25, 0.3) is 0 Å². The van der Waals surface area contributed by atoms with E-state index in [1.807, 2.05) is 33.2 Å². The minimum Gasteiger partial charge on any atom is -0.365 e. The van der Waals surface area contributed by atoms with Crippen LogP contribution in [0.3, 0.4) is 0 Å². The molecule has 13 nitrogen and oxygen atoms in total. The lowest BCUT2D eigenvalue weighted by Gasteiger charge is -2.01. The molecule has 0 unspecified atom stereocenters. The molecule has 0 amide bonds. The molecule has 0 fully saturated rings. The maximum Gasteiger partial charge on any atom is 0.0219 e. The van der Waals surface area contributed by atoms with Crippen molar-refractivity contribution >= 4 is 0 Å². The second kappa shape index (κ2) is 78.9. The van der Waals surface area contributed by atoms with Crippen LogP contribution in [0.1, 0.15) is 378 Å². The van der Waals surface area contributed by atoms with Crippen molar-refractivity contribution < 1.29 is 0 Å². The van der Waals surface area contributed by atoms with Gasteiger partial charge in [-0.1, -0.05) is 186 Å². The summed E-state index contributed by atoms with van der Waals surface area (Å²) in [6, 6.07) is 21.5. The molecule has 0 spiro atoms. The Bertz CT molecular complexity index is 4260. The number of nitrogens with zero attached hydrogens (tertiary/aromatic N) is 3. The van der Waals surface area contributed by atoms with Crippen molar-refractivity contribution in [2.45, 2.75) is 415 Å². The molecule has 13 aromatic rings. The average molecular weight is 1770 g/mol. The number of aromatic nitrogens is 13. The molecule has 0 atom stereocenters. The van der Waals surface area contributed by atoms with Gasteiger partial charge >= 0.3 is 0 Å². The fourth-order valence-corrected chi connectivity index (χ4v) is 12.4. The third-order valence-corrected chi connectivity index (χ3v) is 20.9. The topological polar surface area (TPSA) is 173 Å². The number of rotatable bonds is 13. The predicted octanol–water partition coefficient (Wildman–Crippen LogP) is 35.9. The Morgan fingerprint density at radius 3 is 0.961 bits per heavy atom. The Balaban J connectivity index is -0.000000100. The highest BCUT2D eigenvalue weighted by atomic mass is 15.0. The zero-order valence-electron chi connectivity index (χ0n) is 79.0. The summed E-state index contributed by atoms with van der Waals surface area (Å²) in [6.07, 6.45) is 33.7. The third-order valence-electron chi connectivity index (χ3n) is 20.9. The van der Waals surface area contributed by atoms with Gasteiger partial charge in [0.15, 0.2) is 0 Å². The van der Waals surface area contributed by atoms with E-state index in [4.69, 9.17) is 0 Å². The second-order valence-electron chi connectivity index (χ2n) is 31.4. The van der Waals surface area contributed by atoms with Gasteiger partial charge in [-0.3, -0.25) is 0 Å². The Labute approximate surface area is 790 Å². The van der Waals surface area contributed by atoms with Gasteiger partial charge in [-0.05, 0) is 373 Å². The van der Waals surface area contributed by atoms with E-state index < -0.39 is 0 Å². The van der Waals surface area contributed by atoms with Gasteiger partial charge in [0.2, 0.25) is 0 Å². The highest BCUT2D eigenvalue weighted by molar-refractivity contribution is 5.32. The SMILES string of the molecule is C.C.C.C.C.C.C.C.C.C.C.C.C.CCCc1[nH]cc(C)c1C.CCCc1c[nH]c(C)c1C.CCCn1cc(C)cc1C.CCc1[nH]cc(C)c1C.CCc1c[nH]c(C)c1C.CCc1c[nH]c(CC)c1.CCc1ccc(CC)[nH]1.Cc1c[nH]c(C(C)C)c1.Cc1c[nH]c(C)c1.Cc1cc(C)c(C)[nH]1.Cc1cc(C)n(C)c1.Cc1ccc(C)[nH]1.Cc1cn(C)c(C)c1C. The van der Waals surface area contributed by atoms with Crippen molar-refractivity contribution in [3.63, 3.8) is 0 Å². The van der Waals surface area contributed by atoms with Crippen LogP contribution < -0.4 is 0 Å². The summed E-state index contributed by atoms with van der Waals surface area (Å²) >= 11 is 0. The van der Waals surface area contributed by atoms with E-state index in [0.29, 0.717) is 5.92 Å². The molecule has 0 aromatic carbocycles. The summed E-state index contributed by atoms with van der Waals surface area (Å²) in [5, 5.41) is 0. The normalized spacial score (nSPS) is 9.05. The minimum absolute atomic E-state index is 0. The van der Waals surface area contributed by atoms with Crippen LogP contribution in [0.25, 0.3) is 0 Å². The average Bonchev–Trinajstić information content (AvgIpc) is 1.74. The van der Waals surface area contributed by atoms with E-state index in [9.17, 15) is 0 Å². The van der Waals surface area contributed by atoms with Crippen LogP contribution >= 0.6 is 0 Å². The molecule has 13 rings (SSSR count). The molecule has 0 saturated carbocycles. The fourth-order valence-electron chi connectivity index (χ4n) is 12.4. The first-order valence-electron chi connectivity index (χ1n) is 42.5. The van der Waals surface area contributed by atoms with Gasteiger partial charge in [0, 0.05) is 174 Å². The summed E-state index contributed by atoms with van der Waals surface area (Å²) in [5.41, 5.74) is 43.3. The molecule has 10 N–H and O–H groups in total. The molecule has 0 radical (unpaired) electrons. The quantitative estimate of drug-likeness (QED) is 0.0530. The summed E-state index contributed by atoms with van der Waals surface area (Å²) < 4.78 is 6.58. The largest absolute Gasteiger partial charge is 0.365 e. The van der Waals surface area contributed by atoms with E-state index in [0.717, 1.165) is 45.1 Å². The zero-order chi connectivity index (χ0) is 86.5. The van der Waals surface area contributed by atoms with Crippen LogP contribution in [0.5, 0.6) is 0 Å². The van der Waals surface area contributed by atoms with Gasteiger partial charge in [0.1, 0.15) is 0 Å². The fraction of sp³-hybridized carbons (Fsp3) is 0.544.